The molecule has 3 rings (SSSR count). The predicted octanol–water partition coefficient (Wildman–Crippen LogP) is 3.24. The summed E-state index contributed by atoms with van der Waals surface area (Å²) in [4.78, 5) is 11.0. The van der Waals surface area contributed by atoms with Gasteiger partial charge in [-0.3, -0.25) is 5.10 Å². The molecule has 0 saturated carbocycles. The molecule has 0 aliphatic rings. The highest BCUT2D eigenvalue weighted by Gasteiger charge is 2.12. The first-order valence-electron chi connectivity index (χ1n) is 5.93. The van der Waals surface area contributed by atoms with E-state index in [2.05, 4.69) is 22.3 Å². The maximum Gasteiger partial charge on any atom is 0.357 e. The second-order valence-electron chi connectivity index (χ2n) is 4.50. The smallest absolute Gasteiger partial charge is 0.357 e. The molecule has 0 radical (unpaired) electrons. The molecule has 0 amide bonds. The maximum absolute atomic E-state index is 11.0. The lowest BCUT2D eigenvalue weighted by molar-refractivity contribution is 0.0692. The molecule has 0 spiro atoms. The zero-order valence-corrected chi connectivity index (χ0v) is 10.3. The van der Waals surface area contributed by atoms with Crippen LogP contribution >= 0.6 is 0 Å². The first kappa shape index (κ1) is 11.5. The molecule has 0 fully saturated rings. The van der Waals surface area contributed by atoms with Crippen LogP contribution in [0.1, 0.15) is 16.1 Å². The zero-order valence-electron chi connectivity index (χ0n) is 10.3. The van der Waals surface area contributed by atoms with Gasteiger partial charge in [0.25, 0.3) is 0 Å². The van der Waals surface area contributed by atoms with Crippen LogP contribution < -0.4 is 0 Å². The van der Waals surface area contributed by atoms with Gasteiger partial charge < -0.3 is 5.11 Å². The minimum Gasteiger partial charge on any atom is -0.476 e. The van der Waals surface area contributed by atoms with Gasteiger partial charge in [-0.2, -0.15) is 5.10 Å². The quantitative estimate of drug-likeness (QED) is 0.735. The molecule has 0 aliphatic carbocycles. The molecule has 94 valence electrons. The highest BCUT2D eigenvalue weighted by molar-refractivity contribution is 6.01. The Morgan fingerprint density at radius 1 is 1.11 bits per heavy atom. The minimum absolute atomic E-state index is 0.0606. The highest BCUT2D eigenvalue weighted by Crippen LogP contribution is 2.25. The van der Waals surface area contributed by atoms with Gasteiger partial charge in [0.15, 0.2) is 5.69 Å². The maximum atomic E-state index is 11.0. The van der Waals surface area contributed by atoms with Crippen LogP contribution in [-0.4, -0.2) is 21.3 Å². The van der Waals surface area contributed by atoms with Crippen LogP contribution in [0.5, 0.6) is 0 Å². The number of carbonyl (C=O) groups is 1. The molecule has 0 bridgehead atoms. The van der Waals surface area contributed by atoms with Crippen molar-refractivity contribution in [2.75, 3.05) is 0 Å². The number of hydrogen-bond acceptors (Lipinski definition) is 2. The molecular formula is C15H12N2O2. The summed E-state index contributed by atoms with van der Waals surface area (Å²) in [6.45, 7) is 2.04. The normalized spacial score (nSPS) is 10.8. The van der Waals surface area contributed by atoms with Crippen LogP contribution in [0, 0.1) is 6.92 Å². The average molecular weight is 252 g/mol. The first-order valence-corrected chi connectivity index (χ1v) is 5.93. The standard InChI is InChI=1S/C15H12N2O2/c1-9-2-4-10(5-3-9)11-6-7-12-13(8-11)16-17-14(12)15(18)19/h2-8H,1H3,(H,16,17)(H,18,19). The monoisotopic (exact) mass is 252 g/mol. The van der Waals surface area contributed by atoms with Crippen LogP contribution in [0.2, 0.25) is 0 Å². The summed E-state index contributed by atoms with van der Waals surface area (Å²) in [5.41, 5.74) is 4.13. The number of aromatic nitrogens is 2. The topological polar surface area (TPSA) is 66.0 Å². The molecule has 1 heterocycles. The van der Waals surface area contributed by atoms with Gasteiger partial charge in [-0.1, -0.05) is 35.9 Å². The number of aromatic amines is 1. The fraction of sp³-hybridized carbons (Fsp3) is 0.0667. The second-order valence-corrected chi connectivity index (χ2v) is 4.50. The Bertz CT molecular complexity index is 757. The van der Waals surface area contributed by atoms with Gasteiger partial charge in [-0.05, 0) is 30.2 Å². The van der Waals surface area contributed by atoms with E-state index in [0.29, 0.717) is 5.39 Å². The Hall–Kier alpha value is -2.62. The number of H-pyrrole nitrogens is 1. The average Bonchev–Trinajstić information content (AvgIpc) is 2.82. The van der Waals surface area contributed by atoms with Crippen LogP contribution in [0.25, 0.3) is 22.0 Å². The minimum atomic E-state index is -1.02. The van der Waals surface area contributed by atoms with E-state index in [1.807, 2.05) is 31.2 Å². The highest BCUT2D eigenvalue weighted by atomic mass is 16.4. The van der Waals surface area contributed by atoms with Gasteiger partial charge in [-0.25, -0.2) is 4.79 Å². The molecule has 0 unspecified atom stereocenters. The van der Waals surface area contributed by atoms with Gasteiger partial charge >= 0.3 is 5.97 Å². The van der Waals surface area contributed by atoms with Gasteiger partial charge in [-0.15, -0.1) is 0 Å². The molecule has 0 atom stereocenters. The van der Waals surface area contributed by atoms with E-state index in [-0.39, 0.29) is 5.69 Å². The predicted molar refractivity (Wildman–Crippen MR) is 73.2 cm³/mol. The summed E-state index contributed by atoms with van der Waals surface area (Å²) in [5, 5.41) is 16.2. The van der Waals surface area contributed by atoms with Crippen LogP contribution in [0.3, 0.4) is 0 Å². The Morgan fingerprint density at radius 2 is 1.79 bits per heavy atom. The number of fused-ring (bicyclic) bond motifs is 1. The second kappa shape index (κ2) is 4.24. The van der Waals surface area contributed by atoms with Crippen molar-refractivity contribution in [3.05, 3.63) is 53.7 Å². The van der Waals surface area contributed by atoms with E-state index in [0.717, 1.165) is 16.6 Å². The van der Waals surface area contributed by atoms with Gasteiger partial charge in [0.2, 0.25) is 0 Å². The van der Waals surface area contributed by atoms with Crippen molar-refractivity contribution >= 4 is 16.9 Å². The van der Waals surface area contributed by atoms with Gasteiger partial charge in [0.05, 0.1) is 5.52 Å². The van der Waals surface area contributed by atoms with Crippen molar-refractivity contribution in [2.45, 2.75) is 6.92 Å². The number of aromatic carboxylic acids is 1. The Kier molecular flexibility index (Phi) is 2.56. The van der Waals surface area contributed by atoms with Crippen molar-refractivity contribution in [1.82, 2.24) is 10.2 Å². The van der Waals surface area contributed by atoms with Crippen molar-refractivity contribution in [3.63, 3.8) is 0 Å². The summed E-state index contributed by atoms with van der Waals surface area (Å²) in [5.74, 6) is -1.02. The first-order chi connectivity index (χ1) is 9.15. The van der Waals surface area contributed by atoms with E-state index in [9.17, 15) is 4.79 Å². The molecule has 1 aromatic heterocycles. The third-order valence-corrected chi connectivity index (χ3v) is 3.15. The Balaban J connectivity index is 2.12. The molecule has 4 nitrogen and oxygen atoms in total. The number of rotatable bonds is 2. The number of benzene rings is 2. The molecule has 0 saturated heterocycles. The number of nitrogens with one attached hydrogen (secondary N) is 1. The number of hydrogen-bond donors (Lipinski definition) is 2. The van der Waals surface area contributed by atoms with Crippen molar-refractivity contribution in [2.24, 2.45) is 0 Å². The fourth-order valence-corrected chi connectivity index (χ4v) is 2.11. The molecule has 4 heteroatoms. The largest absolute Gasteiger partial charge is 0.476 e. The summed E-state index contributed by atoms with van der Waals surface area (Å²) >= 11 is 0. The number of nitrogens with zero attached hydrogens (tertiary/aromatic N) is 1. The summed E-state index contributed by atoms with van der Waals surface area (Å²) in [7, 11) is 0. The van der Waals surface area contributed by atoms with Crippen LogP contribution in [0.4, 0.5) is 0 Å². The molecule has 3 aromatic rings. The zero-order chi connectivity index (χ0) is 13.4. The van der Waals surface area contributed by atoms with Crippen LogP contribution in [-0.2, 0) is 0 Å². The van der Waals surface area contributed by atoms with Crippen LogP contribution in [0.15, 0.2) is 42.5 Å². The number of carboxylic acids is 1. The third kappa shape index (κ3) is 1.97. The summed E-state index contributed by atoms with van der Waals surface area (Å²) in [6, 6.07) is 13.8. The molecule has 2 aromatic carbocycles. The van der Waals surface area contributed by atoms with E-state index in [1.165, 1.54) is 5.56 Å². The molecular weight excluding hydrogens is 240 g/mol. The third-order valence-electron chi connectivity index (χ3n) is 3.15. The Morgan fingerprint density at radius 3 is 2.47 bits per heavy atom. The van der Waals surface area contributed by atoms with Crippen molar-refractivity contribution in [3.8, 4) is 11.1 Å². The van der Waals surface area contributed by atoms with E-state index >= 15 is 0 Å². The lowest BCUT2D eigenvalue weighted by Crippen LogP contribution is -1.96. The number of carboxylic acid groups (broad SMARTS) is 1. The lowest BCUT2D eigenvalue weighted by atomic mass is 10.0. The SMILES string of the molecule is Cc1ccc(-c2ccc3c(C(=O)O)n[nH]c3c2)cc1. The van der Waals surface area contributed by atoms with Gasteiger partial charge in [0.1, 0.15) is 0 Å². The van der Waals surface area contributed by atoms with Crippen molar-refractivity contribution in [1.29, 1.82) is 0 Å². The van der Waals surface area contributed by atoms with E-state index in [1.54, 1.807) is 6.07 Å². The van der Waals surface area contributed by atoms with E-state index < -0.39 is 5.97 Å². The van der Waals surface area contributed by atoms with Crippen molar-refractivity contribution < 1.29 is 9.90 Å². The van der Waals surface area contributed by atoms with Gasteiger partial charge in [0, 0.05) is 5.39 Å². The Labute approximate surface area is 109 Å². The lowest BCUT2D eigenvalue weighted by Gasteiger charge is -2.02. The summed E-state index contributed by atoms with van der Waals surface area (Å²) < 4.78 is 0. The molecule has 2 N–H and O–H groups in total. The fourth-order valence-electron chi connectivity index (χ4n) is 2.11. The van der Waals surface area contributed by atoms with E-state index in [4.69, 9.17) is 5.11 Å². The summed E-state index contributed by atoms with van der Waals surface area (Å²) in [6.07, 6.45) is 0. The molecule has 19 heavy (non-hydrogen) atoms. The molecule has 0 aliphatic heterocycles. The number of aryl methyl sites for hydroxylation is 1.